The van der Waals surface area contributed by atoms with Crippen molar-refractivity contribution in [3.63, 3.8) is 0 Å². The van der Waals surface area contributed by atoms with E-state index >= 15 is 0 Å². The van der Waals surface area contributed by atoms with Crippen molar-refractivity contribution < 1.29 is 56.8 Å². The number of benzene rings is 4. The molecule has 10 aliphatic heterocycles. The van der Waals surface area contributed by atoms with E-state index in [2.05, 4.69) is 58.5 Å². The quantitative estimate of drug-likeness (QED) is 0.141. The topological polar surface area (TPSA) is 162 Å². The Kier molecular flexibility index (Phi) is 11.5. The molecular weight excluding hydrogens is 969 g/mol. The van der Waals surface area contributed by atoms with Gasteiger partial charge in [-0.15, -0.1) is 0 Å². The summed E-state index contributed by atoms with van der Waals surface area (Å²) in [4.78, 5) is 18.6. The van der Waals surface area contributed by atoms with Gasteiger partial charge in [0.25, 0.3) is 0 Å². The molecule has 18 aliphatic rings. The maximum atomic E-state index is 6.59. The molecule has 396 valence electrons. The van der Waals surface area contributed by atoms with Crippen molar-refractivity contribution in [2.45, 2.75) is 98.7 Å². The van der Waals surface area contributed by atoms with Crippen molar-refractivity contribution in [3.05, 3.63) is 95.6 Å². The van der Waals surface area contributed by atoms with Gasteiger partial charge in [-0.25, -0.2) is 0 Å². The molecule has 76 heavy (non-hydrogen) atoms. The molecular formula is C60H64N4O12. The minimum absolute atomic E-state index is 0.169. The minimum atomic E-state index is -0.169. The van der Waals surface area contributed by atoms with Gasteiger partial charge in [-0.05, 0) is 193 Å². The van der Waals surface area contributed by atoms with Crippen LogP contribution in [0.4, 0.5) is 0 Å². The smallest absolute Gasteiger partial charge is 0.241 e. The third-order valence-corrected chi connectivity index (χ3v) is 18.4. The fraction of sp³-hybridized carbons (Fsp3) is 0.467. The van der Waals surface area contributed by atoms with Crippen molar-refractivity contribution in [3.8, 4) is 92.5 Å². The average Bonchev–Trinajstić information content (AvgIpc) is 3.44. The van der Waals surface area contributed by atoms with E-state index in [1.165, 1.54) is 12.8 Å². The van der Waals surface area contributed by atoms with E-state index in [0.29, 0.717) is 92.7 Å². The van der Waals surface area contributed by atoms with Crippen LogP contribution in [-0.4, -0.2) is 76.8 Å². The highest BCUT2D eigenvalue weighted by Crippen LogP contribution is 2.69. The Bertz CT molecular complexity index is 2730. The largest absolute Gasteiger partial charge is 0.493 e. The van der Waals surface area contributed by atoms with E-state index in [9.17, 15) is 0 Å². The van der Waals surface area contributed by atoms with E-state index in [4.69, 9.17) is 66.8 Å². The first kappa shape index (κ1) is 48.3. The molecule has 8 aliphatic carbocycles. The van der Waals surface area contributed by atoms with E-state index < -0.39 is 0 Å². The summed E-state index contributed by atoms with van der Waals surface area (Å²) in [7, 11) is 13.2. The first-order valence-electron chi connectivity index (χ1n) is 26.4. The van der Waals surface area contributed by atoms with Crippen LogP contribution < -0.4 is 56.8 Å². The summed E-state index contributed by atoms with van der Waals surface area (Å²) >= 11 is 0. The molecule has 12 heterocycles. The zero-order valence-corrected chi connectivity index (χ0v) is 44.4. The third-order valence-electron chi connectivity index (χ3n) is 18.4. The van der Waals surface area contributed by atoms with Gasteiger partial charge in [-0.3, -0.25) is 9.97 Å². The van der Waals surface area contributed by atoms with Gasteiger partial charge in [0.05, 0.1) is 81.7 Å². The van der Waals surface area contributed by atoms with Gasteiger partial charge < -0.3 is 56.8 Å². The molecule has 0 unspecified atom stereocenters. The fourth-order valence-electron chi connectivity index (χ4n) is 16.3. The van der Waals surface area contributed by atoms with Gasteiger partial charge in [0.2, 0.25) is 46.5 Å². The van der Waals surface area contributed by atoms with Crippen molar-refractivity contribution in [2.24, 2.45) is 23.7 Å². The van der Waals surface area contributed by atoms with Crippen LogP contribution in [0, 0.1) is 23.7 Å². The Labute approximate surface area is 442 Å². The first-order valence-corrected chi connectivity index (χ1v) is 26.4. The summed E-state index contributed by atoms with van der Waals surface area (Å²) in [6, 6.07) is 17.0. The standard InChI is InChI=1S/C60H64N4O12/c1-65-41-11-37-12-42(66-2)53(41)73-49-27-61-28-50(63-49)74-54-45(69-5)15-39(16-46(54)70-6)59-23-35-10-36(24-59)26-60(25-35,32-59)40-17-47(71-7)56(48(18-40)72-8)76-52-30-62-29-51(64-52)75-55-43(67-3)13-38(14-44(55)68-4)58-21-33-9-34(22-58)20-57(37,19-33)31-58/h11-18,27-30,33-36H,9-10,19-26,31-32H2,1-8H3. The minimum Gasteiger partial charge on any atom is -0.493 e. The average molecular weight is 1030 g/mol. The van der Waals surface area contributed by atoms with Crippen LogP contribution in [0.15, 0.2) is 73.3 Å². The highest BCUT2D eigenvalue weighted by atomic mass is 16.6. The van der Waals surface area contributed by atoms with Crippen molar-refractivity contribution in [1.82, 2.24) is 19.9 Å². The van der Waals surface area contributed by atoms with Crippen LogP contribution in [-0.2, 0) is 21.7 Å². The van der Waals surface area contributed by atoms with Crippen LogP contribution in [0.25, 0.3) is 0 Å². The molecule has 4 aromatic carbocycles. The Morgan fingerprint density at radius 3 is 0.711 bits per heavy atom. The van der Waals surface area contributed by atoms with Crippen LogP contribution in [0.1, 0.15) is 99.3 Å². The second kappa shape index (κ2) is 18.2. The Balaban J connectivity index is 0.953. The number of rotatable bonds is 8. The van der Waals surface area contributed by atoms with Gasteiger partial charge in [0.1, 0.15) is 0 Å². The summed E-state index contributed by atoms with van der Waals surface area (Å²) in [5.74, 6) is 8.58. The van der Waals surface area contributed by atoms with Gasteiger partial charge >= 0.3 is 0 Å². The normalized spacial score (nSPS) is 28.0. The molecule has 20 bridgehead atoms. The maximum absolute atomic E-state index is 6.59. The number of hydrogen-bond acceptors (Lipinski definition) is 16. The highest BCUT2D eigenvalue weighted by molar-refractivity contribution is 5.62. The zero-order chi connectivity index (χ0) is 52.1. The molecule has 8 fully saturated rings. The SMILES string of the molecule is COc1cc2cc(OC)c1Oc1cncc(n1)Oc1c(OC)cc(cc1OC)C13CC4CC(C1)CC(C4)(C3)c1cc(OC)c(c(OC)c1)Oc1cncc(n1)Oc1c(OC)cc(cc1OC)C13CC4CC(CC2(C4)C1)C3. The lowest BCUT2D eigenvalue weighted by Crippen LogP contribution is -2.56. The predicted octanol–water partition coefficient (Wildman–Crippen LogP) is 12.4. The summed E-state index contributed by atoms with van der Waals surface area (Å²) in [6.07, 6.45) is 18.8. The van der Waals surface area contributed by atoms with Crippen molar-refractivity contribution >= 4 is 0 Å². The van der Waals surface area contributed by atoms with Crippen LogP contribution in [0.2, 0.25) is 0 Å². The van der Waals surface area contributed by atoms with Crippen molar-refractivity contribution in [2.75, 3.05) is 56.9 Å². The molecule has 0 amide bonds. The summed E-state index contributed by atoms with van der Waals surface area (Å²) in [5.41, 5.74) is 3.93. The number of hydrogen-bond donors (Lipinski definition) is 0. The van der Waals surface area contributed by atoms with Gasteiger partial charge in [-0.1, -0.05) is 0 Å². The number of nitrogens with zero attached hydrogens (tertiary/aromatic N) is 4. The summed E-state index contributed by atoms with van der Waals surface area (Å²) in [6.45, 7) is 0. The summed E-state index contributed by atoms with van der Waals surface area (Å²) < 4.78 is 75.6. The molecule has 4 spiro atoms. The second-order valence-electron chi connectivity index (χ2n) is 22.7. The molecule has 2 aromatic heterocycles. The lowest BCUT2D eigenvalue weighted by atomic mass is 9.41. The van der Waals surface area contributed by atoms with Gasteiger partial charge in [-0.2, -0.15) is 9.97 Å². The Hall–Kier alpha value is -7.36. The monoisotopic (exact) mass is 1030 g/mol. The summed E-state index contributed by atoms with van der Waals surface area (Å²) in [5, 5.41) is 0. The second-order valence-corrected chi connectivity index (χ2v) is 22.7. The van der Waals surface area contributed by atoms with Gasteiger partial charge in [0, 0.05) is 0 Å². The molecule has 0 N–H and O–H groups in total. The zero-order valence-electron chi connectivity index (χ0n) is 44.4. The Morgan fingerprint density at radius 2 is 0.526 bits per heavy atom. The van der Waals surface area contributed by atoms with E-state index in [-0.39, 0.29) is 45.2 Å². The molecule has 0 saturated heterocycles. The first-order chi connectivity index (χ1) is 36.9. The molecule has 0 radical (unpaired) electrons. The molecule has 24 rings (SSSR count). The lowest BCUT2D eigenvalue weighted by Gasteiger charge is -2.62. The highest BCUT2D eigenvalue weighted by Gasteiger charge is 2.61. The Morgan fingerprint density at radius 1 is 0.329 bits per heavy atom. The molecule has 16 heteroatoms. The van der Waals surface area contributed by atoms with Crippen molar-refractivity contribution in [1.29, 1.82) is 0 Å². The van der Waals surface area contributed by atoms with E-state index in [1.807, 2.05) is 0 Å². The number of methoxy groups -OCH3 is 8. The maximum Gasteiger partial charge on any atom is 0.241 e. The van der Waals surface area contributed by atoms with E-state index in [0.717, 1.165) is 86.5 Å². The molecule has 6 aromatic rings. The van der Waals surface area contributed by atoms with Gasteiger partial charge in [0.15, 0.2) is 46.0 Å². The van der Waals surface area contributed by atoms with E-state index in [1.54, 1.807) is 81.7 Å². The predicted molar refractivity (Wildman–Crippen MR) is 279 cm³/mol. The van der Waals surface area contributed by atoms with Crippen LogP contribution in [0.3, 0.4) is 0 Å². The molecule has 16 nitrogen and oxygen atoms in total. The lowest BCUT2D eigenvalue weighted by molar-refractivity contribution is -0.0285. The number of aromatic nitrogens is 4. The van der Waals surface area contributed by atoms with Crippen LogP contribution in [0.5, 0.6) is 92.5 Å². The van der Waals surface area contributed by atoms with Crippen LogP contribution >= 0.6 is 0 Å². The molecule has 8 saturated carbocycles. The number of ether oxygens (including phenoxy) is 12. The fourth-order valence-corrected chi connectivity index (χ4v) is 16.3. The molecule has 0 atom stereocenters. The third kappa shape index (κ3) is 7.74.